The quantitative estimate of drug-likeness (QED) is 0.228. The Hall–Kier alpha value is -5.50. The van der Waals surface area contributed by atoms with Crippen molar-refractivity contribution in [3.05, 3.63) is 119 Å². The molecule has 38 heavy (non-hydrogen) atoms. The first-order chi connectivity index (χ1) is 18.3. The van der Waals surface area contributed by atoms with Crippen molar-refractivity contribution < 1.29 is 29.4 Å². The van der Waals surface area contributed by atoms with E-state index < -0.39 is 11.9 Å². The average molecular weight is 504 g/mol. The molecule has 0 radical (unpaired) electrons. The zero-order valence-corrected chi connectivity index (χ0v) is 19.8. The van der Waals surface area contributed by atoms with E-state index in [2.05, 4.69) is 10.6 Å². The fourth-order valence-electron chi connectivity index (χ4n) is 4.08. The van der Waals surface area contributed by atoms with Crippen molar-refractivity contribution >= 4 is 56.7 Å². The molecule has 0 aliphatic heterocycles. The molecule has 186 valence electrons. The van der Waals surface area contributed by atoms with Gasteiger partial charge >= 0.3 is 11.9 Å². The molecule has 0 heterocycles. The Bertz CT molecular complexity index is 1630. The van der Waals surface area contributed by atoms with Crippen molar-refractivity contribution in [3.63, 3.8) is 0 Å². The van der Waals surface area contributed by atoms with E-state index in [0.717, 1.165) is 21.5 Å². The number of carbonyl (C=O) groups is 4. The van der Waals surface area contributed by atoms with Gasteiger partial charge in [0.05, 0.1) is 11.1 Å². The fraction of sp³-hybridized carbons (Fsp3) is 0. The summed E-state index contributed by atoms with van der Waals surface area (Å²) in [7, 11) is 0. The van der Waals surface area contributed by atoms with Gasteiger partial charge in [0, 0.05) is 22.5 Å². The number of nitrogens with one attached hydrogen (secondary N) is 2. The Morgan fingerprint density at radius 1 is 0.421 bits per heavy atom. The Morgan fingerprint density at radius 3 is 1.03 bits per heavy atom. The number of aromatic carboxylic acids is 2. The summed E-state index contributed by atoms with van der Waals surface area (Å²) in [5.74, 6) is -2.68. The predicted octanol–water partition coefficient (Wildman–Crippen LogP) is 5.89. The molecule has 0 bridgehead atoms. The molecule has 0 fully saturated rings. The molecule has 5 rings (SSSR count). The zero-order valence-electron chi connectivity index (χ0n) is 19.8. The third-order valence-electron chi connectivity index (χ3n) is 6.10. The molecular weight excluding hydrogens is 484 g/mol. The summed E-state index contributed by atoms with van der Waals surface area (Å²) in [6, 6.07) is 26.1. The van der Waals surface area contributed by atoms with Gasteiger partial charge in [-0.25, -0.2) is 9.59 Å². The molecule has 0 aliphatic rings. The van der Waals surface area contributed by atoms with Crippen molar-refractivity contribution in [2.75, 3.05) is 10.6 Å². The van der Waals surface area contributed by atoms with Gasteiger partial charge in [-0.05, 0) is 94.3 Å². The second-order valence-corrected chi connectivity index (χ2v) is 8.65. The molecule has 8 nitrogen and oxygen atoms in total. The first kappa shape index (κ1) is 24.2. The van der Waals surface area contributed by atoms with E-state index in [1.807, 2.05) is 0 Å². The average Bonchev–Trinajstić information content (AvgIpc) is 2.92. The lowest BCUT2D eigenvalue weighted by molar-refractivity contribution is 0.0686. The highest BCUT2D eigenvalue weighted by Crippen LogP contribution is 2.22. The van der Waals surface area contributed by atoms with Gasteiger partial charge in [0.15, 0.2) is 0 Å². The second kappa shape index (κ2) is 9.87. The fourth-order valence-corrected chi connectivity index (χ4v) is 4.08. The van der Waals surface area contributed by atoms with E-state index in [9.17, 15) is 19.2 Å². The van der Waals surface area contributed by atoms with Gasteiger partial charge in [-0.2, -0.15) is 0 Å². The summed E-state index contributed by atoms with van der Waals surface area (Å²) in [5.41, 5.74) is 2.27. The summed E-state index contributed by atoms with van der Waals surface area (Å²) >= 11 is 0. The first-order valence-electron chi connectivity index (χ1n) is 11.5. The number of anilines is 2. The van der Waals surface area contributed by atoms with Crippen LogP contribution < -0.4 is 10.6 Å². The number of amides is 2. The third-order valence-corrected chi connectivity index (χ3v) is 6.10. The Balaban J connectivity index is 1.25. The van der Waals surface area contributed by atoms with E-state index in [0.29, 0.717) is 22.5 Å². The van der Waals surface area contributed by atoms with Crippen LogP contribution in [0.1, 0.15) is 41.4 Å². The van der Waals surface area contributed by atoms with Crippen LogP contribution in [0.25, 0.3) is 21.5 Å². The molecule has 0 saturated heterocycles. The lowest BCUT2D eigenvalue weighted by atomic mass is 10.0. The van der Waals surface area contributed by atoms with Gasteiger partial charge in [-0.1, -0.05) is 24.3 Å². The SMILES string of the molecule is O=C(O)c1ccc2cc(C(=O)Nc3ccc(NC(=O)c4ccc5cc(C(=O)O)ccc5c4)cc3)ccc2c1. The molecule has 5 aromatic rings. The number of fused-ring (bicyclic) bond motifs is 2. The Morgan fingerprint density at radius 2 is 0.711 bits per heavy atom. The van der Waals surface area contributed by atoms with Crippen molar-refractivity contribution in [1.29, 1.82) is 0 Å². The van der Waals surface area contributed by atoms with Gasteiger partial charge in [0.2, 0.25) is 0 Å². The highest BCUT2D eigenvalue weighted by molar-refractivity contribution is 6.08. The largest absolute Gasteiger partial charge is 0.478 e. The Kier molecular flexibility index (Phi) is 6.28. The second-order valence-electron chi connectivity index (χ2n) is 8.65. The third kappa shape index (κ3) is 5.05. The van der Waals surface area contributed by atoms with Crippen molar-refractivity contribution in [1.82, 2.24) is 0 Å². The molecule has 0 saturated carbocycles. The van der Waals surface area contributed by atoms with E-state index >= 15 is 0 Å². The minimum absolute atomic E-state index is 0.178. The molecule has 0 unspecified atom stereocenters. The number of carboxylic acids is 2. The monoisotopic (exact) mass is 504 g/mol. The van der Waals surface area contributed by atoms with Crippen LogP contribution in [0.15, 0.2) is 97.1 Å². The van der Waals surface area contributed by atoms with Crippen LogP contribution in [-0.2, 0) is 0 Å². The van der Waals surface area contributed by atoms with Crippen LogP contribution in [0.3, 0.4) is 0 Å². The number of hydrogen-bond acceptors (Lipinski definition) is 4. The van der Waals surface area contributed by atoms with Crippen molar-refractivity contribution in [2.24, 2.45) is 0 Å². The minimum atomic E-state index is -1.01. The van der Waals surface area contributed by atoms with Gasteiger partial charge in [0.1, 0.15) is 0 Å². The van der Waals surface area contributed by atoms with E-state index in [1.165, 1.54) is 12.1 Å². The summed E-state index contributed by atoms with van der Waals surface area (Å²) in [5, 5.41) is 26.8. The smallest absolute Gasteiger partial charge is 0.335 e. The number of benzene rings is 5. The molecule has 4 N–H and O–H groups in total. The summed E-state index contributed by atoms with van der Waals surface area (Å²) < 4.78 is 0. The highest BCUT2D eigenvalue weighted by Gasteiger charge is 2.11. The highest BCUT2D eigenvalue weighted by atomic mass is 16.4. The molecule has 0 spiro atoms. The van der Waals surface area contributed by atoms with Crippen molar-refractivity contribution in [3.8, 4) is 0 Å². The van der Waals surface area contributed by atoms with Crippen LogP contribution >= 0.6 is 0 Å². The van der Waals surface area contributed by atoms with Gasteiger partial charge in [0.25, 0.3) is 11.8 Å². The predicted molar refractivity (Wildman–Crippen MR) is 144 cm³/mol. The topological polar surface area (TPSA) is 133 Å². The van der Waals surface area contributed by atoms with Gasteiger partial charge < -0.3 is 20.8 Å². The number of carbonyl (C=O) groups excluding carboxylic acids is 2. The lowest BCUT2D eigenvalue weighted by Gasteiger charge is -2.09. The summed E-state index contributed by atoms with van der Waals surface area (Å²) in [6.45, 7) is 0. The molecule has 5 aromatic carbocycles. The standard InChI is InChI=1S/C30H20N2O6/c33-27(21-5-1-19-15-23(29(35)36)7-3-17(19)13-21)31-25-9-11-26(12-10-25)32-28(34)22-6-2-20-16-24(30(37)38)8-4-18(20)14-22/h1-16H,(H,31,33)(H,32,34)(H,35,36)(H,37,38). The molecule has 0 atom stereocenters. The number of rotatable bonds is 6. The van der Waals surface area contributed by atoms with E-state index in [4.69, 9.17) is 10.2 Å². The molecule has 0 aromatic heterocycles. The summed E-state index contributed by atoms with van der Waals surface area (Å²) in [6.07, 6.45) is 0. The lowest BCUT2D eigenvalue weighted by Crippen LogP contribution is -2.13. The Labute approximate surface area is 216 Å². The zero-order chi connectivity index (χ0) is 26.8. The van der Waals surface area contributed by atoms with Gasteiger partial charge in [-0.3, -0.25) is 9.59 Å². The number of hydrogen-bond donors (Lipinski definition) is 4. The van der Waals surface area contributed by atoms with Crippen LogP contribution in [0.2, 0.25) is 0 Å². The van der Waals surface area contributed by atoms with E-state index in [-0.39, 0.29) is 22.9 Å². The minimum Gasteiger partial charge on any atom is -0.478 e. The number of carboxylic acid groups (broad SMARTS) is 2. The maximum absolute atomic E-state index is 12.7. The maximum Gasteiger partial charge on any atom is 0.335 e. The van der Waals surface area contributed by atoms with Crippen molar-refractivity contribution in [2.45, 2.75) is 0 Å². The van der Waals surface area contributed by atoms with Crippen LogP contribution in [-0.4, -0.2) is 34.0 Å². The normalized spacial score (nSPS) is 10.7. The maximum atomic E-state index is 12.7. The van der Waals surface area contributed by atoms with Crippen LogP contribution in [0.4, 0.5) is 11.4 Å². The van der Waals surface area contributed by atoms with Crippen LogP contribution in [0, 0.1) is 0 Å². The first-order valence-corrected chi connectivity index (χ1v) is 11.5. The molecule has 0 aliphatic carbocycles. The summed E-state index contributed by atoms with van der Waals surface area (Å²) in [4.78, 5) is 47.8. The van der Waals surface area contributed by atoms with E-state index in [1.54, 1.807) is 84.9 Å². The molecular formula is C30H20N2O6. The van der Waals surface area contributed by atoms with Gasteiger partial charge in [-0.15, -0.1) is 0 Å². The molecule has 8 heteroatoms. The molecule has 2 amide bonds. The van der Waals surface area contributed by atoms with Crippen LogP contribution in [0.5, 0.6) is 0 Å².